The van der Waals surface area contributed by atoms with Gasteiger partial charge in [0.05, 0.1) is 18.2 Å². The van der Waals surface area contributed by atoms with E-state index in [4.69, 9.17) is 16.3 Å². The molecule has 1 heterocycles. The van der Waals surface area contributed by atoms with Crippen LogP contribution in [-0.4, -0.2) is 12.2 Å². The van der Waals surface area contributed by atoms with Crippen molar-refractivity contribution in [1.82, 2.24) is 0 Å². The highest BCUT2D eigenvalue weighted by atomic mass is 35.5. The molecule has 2 rings (SSSR count). The van der Waals surface area contributed by atoms with Gasteiger partial charge in [0.25, 0.3) is 0 Å². The number of ether oxygens (including phenoxy) is 1. The SMILES string of the molecule is CCc1ccc(CC(O)c2ccc(OC)c(Cl)c2)s1. The summed E-state index contributed by atoms with van der Waals surface area (Å²) in [7, 11) is 1.58. The molecule has 2 nitrogen and oxygen atoms in total. The molecule has 0 saturated heterocycles. The van der Waals surface area contributed by atoms with Crippen molar-refractivity contribution in [2.75, 3.05) is 7.11 Å². The average molecular weight is 297 g/mol. The summed E-state index contributed by atoms with van der Waals surface area (Å²) >= 11 is 7.82. The van der Waals surface area contributed by atoms with Gasteiger partial charge in [-0.1, -0.05) is 24.6 Å². The van der Waals surface area contributed by atoms with Gasteiger partial charge in [0.1, 0.15) is 5.75 Å². The van der Waals surface area contributed by atoms with Crippen molar-refractivity contribution in [2.45, 2.75) is 25.9 Å². The maximum atomic E-state index is 10.3. The van der Waals surface area contributed by atoms with Crippen LogP contribution in [-0.2, 0) is 12.8 Å². The van der Waals surface area contributed by atoms with Gasteiger partial charge in [-0.15, -0.1) is 11.3 Å². The van der Waals surface area contributed by atoms with Gasteiger partial charge in [0.2, 0.25) is 0 Å². The van der Waals surface area contributed by atoms with Crippen LogP contribution >= 0.6 is 22.9 Å². The van der Waals surface area contributed by atoms with Crippen LogP contribution in [0.2, 0.25) is 5.02 Å². The number of halogens is 1. The van der Waals surface area contributed by atoms with E-state index in [1.807, 2.05) is 6.07 Å². The lowest BCUT2D eigenvalue weighted by molar-refractivity contribution is 0.179. The molecule has 1 atom stereocenters. The second kappa shape index (κ2) is 6.42. The van der Waals surface area contributed by atoms with Crippen molar-refractivity contribution in [3.63, 3.8) is 0 Å². The number of rotatable bonds is 5. The highest BCUT2D eigenvalue weighted by Crippen LogP contribution is 2.30. The van der Waals surface area contributed by atoms with Crippen molar-refractivity contribution >= 4 is 22.9 Å². The smallest absolute Gasteiger partial charge is 0.137 e. The van der Waals surface area contributed by atoms with Crippen LogP contribution in [0.3, 0.4) is 0 Å². The van der Waals surface area contributed by atoms with Gasteiger partial charge in [-0.2, -0.15) is 0 Å². The maximum Gasteiger partial charge on any atom is 0.137 e. The third-order valence-corrected chi connectivity index (χ3v) is 4.57. The Bertz CT molecular complexity index is 551. The van der Waals surface area contributed by atoms with Gasteiger partial charge in [-0.25, -0.2) is 0 Å². The summed E-state index contributed by atoms with van der Waals surface area (Å²) < 4.78 is 5.10. The minimum absolute atomic E-state index is 0.527. The van der Waals surface area contributed by atoms with Gasteiger partial charge in [-0.3, -0.25) is 0 Å². The number of aliphatic hydroxyl groups is 1. The van der Waals surface area contributed by atoms with E-state index in [-0.39, 0.29) is 0 Å². The molecule has 0 fully saturated rings. The van der Waals surface area contributed by atoms with Crippen LogP contribution in [0.1, 0.15) is 28.3 Å². The normalized spacial score (nSPS) is 12.4. The molecule has 0 saturated carbocycles. The van der Waals surface area contributed by atoms with E-state index in [1.54, 1.807) is 30.6 Å². The van der Waals surface area contributed by atoms with Crippen molar-refractivity contribution in [3.8, 4) is 5.75 Å². The first-order chi connectivity index (χ1) is 9.13. The number of benzene rings is 1. The van der Waals surface area contributed by atoms with E-state index in [1.165, 1.54) is 9.75 Å². The standard InChI is InChI=1S/C15H17ClO2S/c1-3-11-5-6-12(19-11)9-14(17)10-4-7-15(18-2)13(16)8-10/h4-8,14,17H,3,9H2,1-2H3. The summed E-state index contributed by atoms with van der Waals surface area (Å²) in [6.07, 6.45) is 1.12. The Hall–Kier alpha value is -1.03. The van der Waals surface area contributed by atoms with Crippen LogP contribution in [0.15, 0.2) is 30.3 Å². The molecule has 0 amide bonds. The first-order valence-corrected chi connectivity index (χ1v) is 7.42. The van der Waals surface area contributed by atoms with Gasteiger partial charge in [-0.05, 0) is 36.2 Å². The van der Waals surface area contributed by atoms with Crippen molar-refractivity contribution in [1.29, 1.82) is 0 Å². The molecule has 0 aliphatic rings. The Labute approximate surface area is 122 Å². The molecule has 1 aromatic carbocycles. The second-order valence-electron chi connectivity index (χ2n) is 4.34. The predicted molar refractivity (Wildman–Crippen MR) is 80.4 cm³/mol. The zero-order valence-corrected chi connectivity index (χ0v) is 12.6. The molecular formula is C15H17ClO2S. The molecule has 0 spiro atoms. The maximum absolute atomic E-state index is 10.3. The van der Waals surface area contributed by atoms with E-state index in [0.29, 0.717) is 17.2 Å². The summed E-state index contributed by atoms with van der Waals surface area (Å²) in [5.41, 5.74) is 0.817. The van der Waals surface area contributed by atoms with E-state index in [2.05, 4.69) is 19.1 Å². The lowest BCUT2D eigenvalue weighted by Crippen LogP contribution is -2.00. The van der Waals surface area contributed by atoms with Gasteiger partial charge < -0.3 is 9.84 Å². The van der Waals surface area contributed by atoms with Crippen LogP contribution in [0.4, 0.5) is 0 Å². The van der Waals surface area contributed by atoms with E-state index >= 15 is 0 Å². The van der Waals surface area contributed by atoms with E-state index in [0.717, 1.165) is 12.0 Å². The van der Waals surface area contributed by atoms with Crippen molar-refractivity contribution in [3.05, 3.63) is 50.7 Å². The number of hydrogen-bond acceptors (Lipinski definition) is 3. The molecule has 19 heavy (non-hydrogen) atoms. The van der Waals surface area contributed by atoms with Crippen molar-refractivity contribution in [2.24, 2.45) is 0 Å². The fraction of sp³-hybridized carbons (Fsp3) is 0.333. The summed E-state index contributed by atoms with van der Waals surface area (Å²) in [6.45, 7) is 2.13. The quantitative estimate of drug-likeness (QED) is 0.894. The van der Waals surface area contributed by atoms with Gasteiger partial charge >= 0.3 is 0 Å². The number of methoxy groups -OCH3 is 1. The molecule has 102 valence electrons. The monoisotopic (exact) mass is 296 g/mol. The topological polar surface area (TPSA) is 29.5 Å². The van der Waals surface area contributed by atoms with E-state index < -0.39 is 6.10 Å². The fourth-order valence-electron chi connectivity index (χ4n) is 1.92. The highest BCUT2D eigenvalue weighted by Gasteiger charge is 2.12. The third kappa shape index (κ3) is 3.50. The molecular weight excluding hydrogens is 280 g/mol. The first kappa shape index (κ1) is 14.4. The summed E-state index contributed by atoms with van der Waals surface area (Å²) in [5.74, 6) is 0.627. The Morgan fingerprint density at radius 1 is 1.26 bits per heavy atom. The van der Waals surface area contributed by atoms with Crippen LogP contribution in [0.5, 0.6) is 5.75 Å². The van der Waals surface area contributed by atoms with E-state index in [9.17, 15) is 5.11 Å². The first-order valence-electron chi connectivity index (χ1n) is 6.23. The molecule has 2 aromatic rings. The Balaban J connectivity index is 2.10. The van der Waals surface area contributed by atoms with Crippen LogP contribution in [0.25, 0.3) is 0 Å². The summed E-state index contributed by atoms with van der Waals surface area (Å²) in [5, 5.41) is 10.8. The predicted octanol–water partition coefficient (Wildman–Crippen LogP) is 4.25. The van der Waals surface area contributed by atoms with Crippen LogP contribution in [0, 0.1) is 0 Å². The Morgan fingerprint density at radius 2 is 2.00 bits per heavy atom. The van der Waals surface area contributed by atoms with Gasteiger partial charge in [0, 0.05) is 16.2 Å². The van der Waals surface area contributed by atoms with Crippen LogP contribution < -0.4 is 4.74 Å². The molecule has 0 bridgehead atoms. The summed E-state index contributed by atoms with van der Waals surface area (Å²) in [6, 6.07) is 9.60. The molecule has 0 radical (unpaired) electrons. The van der Waals surface area contributed by atoms with Gasteiger partial charge in [0.15, 0.2) is 0 Å². The number of aliphatic hydroxyl groups excluding tert-OH is 1. The third-order valence-electron chi connectivity index (χ3n) is 3.02. The average Bonchev–Trinajstić information content (AvgIpc) is 2.86. The Morgan fingerprint density at radius 3 is 2.58 bits per heavy atom. The largest absolute Gasteiger partial charge is 0.495 e. The molecule has 0 aliphatic carbocycles. The fourth-order valence-corrected chi connectivity index (χ4v) is 3.18. The molecule has 1 unspecified atom stereocenters. The minimum atomic E-state index is -0.535. The second-order valence-corrected chi connectivity index (χ2v) is 6.00. The zero-order chi connectivity index (χ0) is 13.8. The Kier molecular flexibility index (Phi) is 4.86. The highest BCUT2D eigenvalue weighted by molar-refractivity contribution is 7.11. The lowest BCUT2D eigenvalue weighted by Gasteiger charge is -2.11. The molecule has 1 aromatic heterocycles. The molecule has 0 aliphatic heterocycles. The zero-order valence-electron chi connectivity index (χ0n) is 11.0. The number of thiophene rings is 1. The molecule has 1 N–H and O–H groups in total. The lowest BCUT2D eigenvalue weighted by atomic mass is 10.1. The summed E-state index contributed by atoms with van der Waals surface area (Å²) in [4.78, 5) is 2.53. The minimum Gasteiger partial charge on any atom is -0.495 e. The molecule has 4 heteroatoms. The number of hydrogen-bond donors (Lipinski definition) is 1. The number of aryl methyl sites for hydroxylation is 1. The van der Waals surface area contributed by atoms with Crippen molar-refractivity contribution < 1.29 is 9.84 Å².